The fourth-order valence-electron chi connectivity index (χ4n) is 3.69. The van der Waals surface area contributed by atoms with Gasteiger partial charge in [-0.3, -0.25) is 4.98 Å². The molecule has 6 heteroatoms. The lowest BCUT2D eigenvalue weighted by Gasteiger charge is -2.15. The summed E-state index contributed by atoms with van der Waals surface area (Å²) in [7, 11) is 0. The monoisotopic (exact) mass is 423 g/mol. The van der Waals surface area contributed by atoms with Gasteiger partial charge in [0.1, 0.15) is 18.2 Å². The van der Waals surface area contributed by atoms with Crippen molar-refractivity contribution in [2.75, 3.05) is 0 Å². The van der Waals surface area contributed by atoms with Crippen molar-refractivity contribution >= 4 is 28.7 Å². The first-order chi connectivity index (χ1) is 14.5. The van der Waals surface area contributed by atoms with E-state index < -0.39 is 5.97 Å². The Labute approximate surface area is 178 Å². The van der Waals surface area contributed by atoms with Crippen molar-refractivity contribution < 1.29 is 19.0 Å². The van der Waals surface area contributed by atoms with E-state index in [1.54, 1.807) is 30.5 Å². The van der Waals surface area contributed by atoms with E-state index in [1.807, 2.05) is 12.1 Å². The molecule has 3 aromatic rings. The number of hydrogen-bond donors (Lipinski definition) is 1. The molecule has 152 valence electrons. The van der Waals surface area contributed by atoms with Crippen molar-refractivity contribution in [1.29, 1.82) is 0 Å². The number of aromatic nitrogens is 1. The summed E-state index contributed by atoms with van der Waals surface area (Å²) in [5.74, 6) is -0.611. The molecule has 0 fully saturated rings. The Kier molecular flexibility index (Phi) is 5.81. The van der Waals surface area contributed by atoms with Crippen LogP contribution in [0.5, 0.6) is 5.75 Å². The normalized spacial score (nSPS) is 13.5. The molecule has 0 radical (unpaired) electrons. The molecule has 1 heterocycles. The Bertz CT molecular complexity index is 1130. The lowest BCUT2D eigenvalue weighted by molar-refractivity contribution is 0.0696. The average Bonchev–Trinajstić information content (AvgIpc) is 3.24. The van der Waals surface area contributed by atoms with E-state index in [9.17, 15) is 14.3 Å². The van der Waals surface area contributed by atoms with Crippen LogP contribution in [0.15, 0.2) is 60.9 Å². The highest BCUT2D eigenvalue weighted by Gasteiger charge is 2.22. The van der Waals surface area contributed by atoms with E-state index in [-0.39, 0.29) is 11.4 Å². The third-order valence-electron chi connectivity index (χ3n) is 5.13. The van der Waals surface area contributed by atoms with Crippen molar-refractivity contribution in [2.45, 2.75) is 25.9 Å². The van der Waals surface area contributed by atoms with Crippen molar-refractivity contribution in [3.05, 3.63) is 94.0 Å². The third kappa shape index (κ3) is 4.36. The van der Waals surface area contributed by atoms with Crippen molar-refractivity contribution in [1.82, 2.24) is 4.98 Å². The van der Waals surface area contributed by atoms with Gasteiger partial charge >= 0.3 is 5.97 Å². The number of rotatable bonds is 6. The SMILES string of the molecule is O=C(O)c1cncc(C2=C(c3cc(Cl)ccc3OCc3ccc(F)cc3)CCC2)c1. The zero-order chi connectivity index (χ0) is 21.1. The van der Waals surface area contributed by atoms with Crippen molar-refractivity contribution in [2.24, 2.45) is 0 Å². The minimum atomic E-state index is -1.00. The van der Waals surface area contributed by atoms with Crippen LogP contribution in [0, 0.1) is 5.82 Å². The van der Waals surface area contributed by atoms with E-state index in [4.69, 9.17) is 16.3 Å². The molecule has 0 spiro atoms. The van der Waals surface area contributed by atoms with Crippen LogP contribution in [0.3, 0.4) is 0 Å². The Morgan fingerprint density at radius 1 is 1.07 bits per heavy atom. The number of aromatic carboxylic acids is 1. The predicted octanol–water partition coefficient (Wildman–Crippen LogP) is 6.25. The molecule has 1 aliphatic rings. The van der Waals surface area contributed by atoms with Gasteiger partial charge in [-0.2, -0.15) is 0 Å². The fourth-order valence-corrected chi connectivity index (χ4v) is 3.86. The van der Waals surface area contributed by atoms with Crippen molar-refractivity contribution in [3.8, 4) is 5.75 Å². The molecule has 4 rings (SSSR count). The summed E-state index contributed by atoms with van der Waals surface area (Å²) in [4.78, 5) is 15.4. The van der Waals surface area contributed by atoms with E-state index in [1.165, 1.54) is 18.3 Å². The summed E-state index contributed by atoms with van der Waals surface area (Å²) in [5, 5.41) is 9.89. The predicted molar refractivity (Wildman–Crippen MR) is 114 cm³/mol. The number of pyridine rings is 1. The van der Waals surface area contributed by atoms with E-state index >= 15 is 0 Å². The Hall–Kier alpha value is -3.18. The van der Waals surface area contributed by atoms with Gasteiger partial charge in [-0.1, -0.05) is 23.7 Å². The summed E-state index contributed by atoms with van der Waals surface area (Å²) < 4.78 is 19.2. The molecule has 1 aromatic heterocycles. The highest BCUT2D eigenvalue weighted by Crippen LogP contribution is 2.43. The first-order valence-electron chi connectivity index (χ1n) is 9.59. The molecule has 0 saturated carbocycles. The highest BCUT2D eigenvalue weighted by molar-refractivity contribution is 6.30. The summed E-state index contributed by atoms with van der Waals surface area (Å²) in [6, 6.07) is 13.3. The molecule has 0 atom stereocenters. The molecule has 0 saturated heterocycles. The number of nitrogens with zero attached hydrogens (tertiary/aromatic N) is 1. The minimum Gasteiger partial charge on any atom is -0.488 e. The zero-order valence-electron chi connectivity index (χ0n) is 16.1. The number of halogens is 2. The molecule has 2 aromatic carbocycles. The number of carboxylic acid groups (broad SMARTS) is 1. The van der Waals surface area contributed by atoms with E-state index in [0.717, 1.165) is 47.1 Å². The minimum absolute atomic E-state index is 0.158. The molecule has 30 heavy (non-hydrogen) atoms. The Morgan fingerprint density at radius 2 is 1.83 bits per heavy atom. The molecule has 0 unspecified atom stereocenters. The zero-order valence-corrected chi connectivity index (χ0v) is 16.8. The summed E-state index contributed by atoms with van der Waals surface area (Å²) in [6.07, 6.45) is 5.64. The van der Waals surface area contributed by atoms with Gasteiger partial charge in [0.25, 0.3) is 0 Å². The average molecular weight is 424 g/mol. The first-order valence-corrected chi connectivity index (χ1v) is 9.97. The maximum atomic E-state index is 13.1. The molecule has 0 bridgehead atoms. The van der Waals surface area contributed by atoms with Crippen LogP contribution in [-0.4, -0.2) is 16.1 Å². The smallest absolute Gasteiger partial charge is 0.337 e. The lowest BCUT2D eigenvalue weighted by Crippen LogP contribution is -2.00. The second kappa shape index (κ2) is 8.67. The Morgan fingerprint density at radius 3 is 2.60 bits per heavy atom. The molecule has 1 N–H and O–H groups in total. The second-order valence-electron chi connectivity index (χ2n) is 7.13. The third-order valence-corrected chi connectivity index (χ3v) is 5.36. The topological polar surface area (TPSA) is 59.4 Å². The molecule has 0 aliphatic heterocycles. The Balaban J connectivity index is 1.70. The molecule has 4 nitrogen and oxygen atoms in total. The number of allylic oxidation sites excluding steroid dienone is 2. The fraction of sp³-hybridized carbons (Fsp3) is 0.167. The highest BCUT2D eigenvalue weighted by atomic mass is 35.5. The number of carbonyl (C=O) groups is 1. The maximum absolute atomic E-state index is 13.1. The van der Waals surface area contributed by atoms with Gasteiger partial charge in [-0.25, -0.2) is 9.18 Å². The largest absolute Gasteiger partial charge is 0.488 e. The van der Waals surface area contributed by atoms with E-state index in [2.05, 4.69) is 4.98 Å². The summed E-state index contributed by atoms with van der Waals surface area (Å²) in [6.45, 7) is 0.299. The van der Waals surface area contributed by atoms with Crippen LogP contribution in [0.25, 0.3) is 11.1 Å². The number of hydrogen-bond acceptors (Lipinski definition) is 3. The summed E-state index contributed by atoms with van der Waals surface area (Å²) >= 11 is 6.28. The van der Waals surface area contributed by atoms with Crippen LogP contribution in [-0.2, 0) is 6.61 Å². The van der Waals surface area contributed by atoms with Crippen LogP contribution in [0.2, 0.25) is 5.02 Å². The van der Waals surface area contributed by atoms with Gasteiger partial charge < -0.3 is 9.84 Å². The number of ether oxygens (including phenoxy) is 1. The molecular formula is C24H19ClFNO3. The summed E-state index contributed by atoms with van der Waals surface area (Å²) in [5.41, 5.74) is 4.83. The van der Waals surface area contributed by atoms with Crippen LogP contribution >= 0.6 is 11.6 Å². The van der Waals surface area contributed by atoms with Gasteiger partial charge in [-0.05, 0) is 77.9 Å². The van der Waals surface area contributed by atoms with Crippen molar-refractivity contribution in [3.63, 3.8) is 0 Å². The number of carboxylic acids is 1. The lowest BCUT2D eigenvalue weighted by atomic mass is 9.96. The number of benzene rings is 2. The second-order valence-corrected chi connectivity index (χ2v) is 7.57. The van der Waals surface area contributed by atoms with Gasteiger partial charge in [0.05, 0.1) is 5.56 Å². The van der Waals surface area contributed by atoms with Crippen LogP contribution < -0.4 is 4.74 Å². The maximum Gasteiger partial charge on any atom is 0.337 e. The van der Waals surface area contributed by atoms with Gasteiger partial charge in [0, 0.05) is 23.0 Å². The van der Waals surface area contributed by atoms with Gasteiger partial charge in [-0.15, -0.1) is 0 Å². The molecule has 1 aliphatic carbocycles. The first kappa shape index (κ1) is 20.1. The molecular weight excluding hydrogens is 405 g/mol. The van der Waals surface area contributed by atoms with Crippen LogP contribution in [0.4, 0.5) is 4.39 Å². The standard InChI is InChI=1S/C24H19ClFNO3/c25-18-6-9-23(30-14-15-4-7-19(26)8-5-15)22(11-18)21-3-1-2-20(21)16-10-17(24(28)29)13-27-12-16/h4-13H,1-3,14H2,(H,28,29). The van der Waals surface area contributed by atoms with E-state index in [0.29, 0.717) is 17.4 Å². The molecule has 0 amide bonds. The van der Waals surface area contributed by atoms with Gasteiger partial charge in [0.2, 0.25) is 0 Å². The van der Waals surface area contributed by atoms with Crippen LogP contribution in [0.1, 0.15) is 46.3 Å². The van der Waals surface area contributed by atoms with Gasteiger partial charge in [0.15, 0.2) is 0 Å². The quantitative estimate of drug-likeness (QED) is 0.509.